The molecule has 0 radical (unpaired) electrons. The Morgan fingerprint density at radius 1 is 1.28 bits per heavy atom. The molecule has 3 aromatic rings. The minimum Gasteiger partial charge on any atom is -0.424 e. The van der Waals surface area contributed by atoms with Gasteiger partial charge in [-0.1, -0.05) is 12.1 Å². The SMILES string of the molecule is CC1=C(Oc2nc(C)nc(Nc3ncc(CC(=O)Nc4cccc(F)c4)s3)n2)C=CCC1.[HH].[HH]. The van der Waals surface area contributed by atoms with Crippen LogP contribution in [0.3, 0.4) is 0 Å². The third-order valence-electron chi connectivity index (χ3n) is 4.52. The Morgan fingerprint density at radius 3 is 2.97 bits per heavy atom. The van der Waals surface area contributed by atoms with Crippen LogP contribution in [-0.4, -0.2) is 25.8 Å². The number of aryl methyl sites for hydroxylation is 1. The number of ether oxygens (including phenoxy) is 1. The highest BCUT2D eigenvalue weighted by Gasteiger charge is 2.13. The molecule has 2 aromatic heterocycles. The number of allylic oxidation sites excluding steroid dienone is 3. The molecule has 0 saturated heterocycles. The highest BCUT2D eigenvalue weighted by atomic mass is 32.1. The molecule has 1 aliphatic carbocycles. The van der Waals surface area contributed by atoms with Gasteiger partial charge >= 0.3 is 6.01 Å². The second-order valence-electron chi connectivity index (χ2n) is 7.17. The molecule has 32 heavy (non-hydrogen) atoms. The number of carbonyl (C=O) groups is 1. The summed E-state index contributed by atoms with van der Waals surface area (Å²) < 4.78 is 19.1. The number of hydrogen-bond donors (Lipinski definition) is 2. The molecule has 0 bridgehead atoms. The maximum atomic E-state index is 13.3. The molecule has 1 aliphatic rings. The number of halogens is 1. The Balaban J connectivity index is 0.00000204. The lowest BCUT2D eigenvalue weighted by Gasteiger charge is -2.13. The number of aromatic nitrogens is 4. The van der Waals surface area contributed by atoms with Crippen molar-refractivity contribution in [1.82, 2.24) is 19.9 Å². The van der Waals surface area contributed by atoms with Crippen LogP contribution in [0.25, 0.3) is 0 Å². The van der Waals surface area contributed by atoms with E-state index in [2.05, 4.69) is 36.6 Å². The van der Waals surface area contributed by atoms with Crippen LogP contribution in [0.4, 0.5) is 21.2 Å². The number of thiazole rings is 1. The van der Waals surface area contributed by atoms with Crippen molar-refractivity contribution >= 4 is 34.0 Å². The maximum absolute atomic E-state index is 13.3. The molecule has 1 aromatic carbocycles. The van der Waals surface area contributed by atoms with E-state index in [9.17, 15) is 9.18 Å². The Hall–Kier alpha value is -3.66. The fourth-order valence-electron chi connectivity index (χ4n) is 3.01. The molecule has 0 atom stereocenters. The number of hydrogen-bond acceptors (Lipinski definition) is 8. The fraction of sp³-hybridized carbons (Fsp3) is 0.227. The van der Waals surface area contributed by atoms with Crippen LogP contribution < -0.4 is 15.4 Å². The lowest BCUT2D eigenvalue weighted by atomic mass is 10.1. The van der Waals surface area contributed by atoms with Crippen LogP contribution in [0.15, 0.2) is 53.9 Å². The number of nitrogens with zero attached hydrogens (tertiary/aromatic N) is 4. The van der Waals surface area contributed by atoms with Gasteiger partial charge in [0.1, 0.15) is 17.4 Å². The van der Waals surface area contributed by atoms with Gasteiger partial charge < -0.3 is 10.1 Å². The Bertz CT molecular complexity index is 1220. The second kappa shape index (κ2) is 9.65. The zero-order valence-corrected chi connectivity index (χ0v) is 18.4. The number of anilines is 3. The first-order chi connectivity index (χ1) is 15.4. The van der Waals surface area contributed by atoms with Gasteiger partial charge in [-0.2, -0.15) is 15.0 Å². The van der Waals surface area contributed by atoms with Crippen molar-refractivity contribution in [2.75, 3.05) is 10.6 Å². The summed E-state index contributed by atoms with van der Waals surface area (Å²) in [6.45, 7) is 3.77. The van der Waals surface area contributed by atoms with Crippen LogP contribution in [-0.2, 0) is 11.2 Å². The van der Waals surface area contributed by atoms with Gasteiger partial charge in [0.2, 0.25) is 11.9 Å². The van der Waals surface area contributed by atoms with Crippen molar-refractivity contribution in [3.63, 3.8) is 0 Å². The van der Waals surface area contributed by atoms with Gasteiger partial charge in [-0.05, 0) is 56.5 Å². The van der Waals surface area contributed by atoms with E-state index >= 15 is 0 Å². The van der Waals surface area contributed by atoms with Crippen molar-refractivity contribution < 1.29 is 16.8 Å². The van der Waals surface area contributed by atoms with E-state index in [0.717, 1.165) is 29.1 Å². The number of amides is 1. The maximum Gasteiger partial charge on any atom is 0.327 e. The molecular weight excluding hydrogens is 431 g/mol. The molecule has 1 amide bonds. The molecule has 2 N–H and O–H groups in total. The minimum atomic E-state index is -0.408. The first kappa shape index (κ1) is 21.6. The van der Waals surface area contributed by atoms with E-state index in [-0.39, 0.29) is 21.2 Å². The Labute approximate surface area is 191 Å². The molecule has 0 saturated carbocycles. The number of benzene rings is 1. The van der Waals surface area contributed by atoms with Crippen LogP contribution in [0.1, 0.15) is 33.3 Å². The third-order valence-corrected chi connectivity index (χ3v) is 5.43. The average Bonchev–Trinajstić information content (AvgIpc) is 3.15. The summed E-state index contributed by atoms with van der Waals surface area (Å²) in [4.78, 5) is 30.1. The van der Waals surface area contributed by atoms with E-state index in [1.165, 1.54) is 29.5 Å². The lowest BCUT2D eigenvalue weighted by molar-refractivity contribution is -0.115. The van der Waals surface area contributed by atoms with Crippen LogP contribution in [0, 0.1) is 12.7 Å². The topological polar surface area (TPSA) is 102 Å². The Morgan fingerprint density at radius 2 is 2.16 bits per heavy atom. The molecule has 0 unspecified atom stereocenters. The van der Waals surface area contributed by atoms with Crippen LogP contribution in [0.5, 0.6) is 6.01 Å². The normalized spacial score (nSPS) is 13.2. The largest absolute Gasteiger partial charge is 0.424 e. The number of nitrogens with one attached hydrogen (secondary N) is 2. The molecule has 8 nitrogen and oxygen atoms in total. The van der Waals surface area contributed by atoms with Crippen molar-refractivity contribution in [1.29, 1.82) is 0 Å². The highest BCUT2D eigenvalue weighted by Crippen LogP contribution is 2.24. The molecule has 0 spiro atoms. The van der Waals surface area contributed by atoms with E-state index in [4.69, 9.17) is 4.74 Å². The van der Waals surface area contributed by atoms with Gasteiger partial charge in [0.25, 0.3) is 0 Å². The summed E-state index contributed by atoms with van der Waals surface area (Å²) in [6, 6.07) is 5.95. The molecule has 4 rings (SSSR count). The van der Waals surface area contributed by atoms with E-state index in [0.29, 0.717) is 22.6 Å². The summed E-state index contributed by atoms with van der Waals surface area (Å²) in [5, 5.41) is 6.23. The summed E-state index contributed by atoms with van der Waals surface area (Å²) >= 11 is 1.30. The second-order valence-corrected chi connectivity index (χ2v) is 8.28. The summed E-state index contributed by atoms with van der Waals surface area (Å²) in [5.74, 6) is 0.877. The summed E-state index contributed by atoms with van der Waals surface area (Å²) in [6.07, 6.45) is 7.62. The van der Waals surface area contributed by atoms with Gasteiger partial charge in [-0.25, -0.2) is 9.37 Å². The van der Waals surface area contributed by atoms with Crippen LogP contribution in [0.2, 0.25) is 0 Å². The smallest absolute Gasteiger partial charge is 0.327 e. The van der Waals surface area contributed by atoms with Gasteiger partial charge in [0.15, 0.2) is 5.13 Å². The van der Waals surface area contributed by atoms with E-state index in [1.807, 2.05) is 13.0 Å². The van der Waals surface area contributed by atoms with Crippen molar-refractivity contribution in [2.24, 2.45) is 0 Å². The molecule has 2 heterocycles. The molecular formula is C22H25FN6O2S. The first-order valence-corrected chi connectivity index (χ1v) is 10.8. The zero-order chi connectivity index (χ0) is 22.5. The van der Waals surface area contributed by atoms with Crippen molar-refractivity contribution in [2.45, 2.75) is 33.1 Å². The Kier molecular flexibility index (Phi) is 6.50. The standard InChI is InChI=1S/C22H21FN6O2S.2H2/c1-13-6-3-4-9-18(13)31-21-26-14(2)25-20(28-21)29-22-24-12-17(32-22)11-19(30)27-16-8-5-7-15(23)10-16;;/h4-5,7-10,12H,3,6,11H2,1-2H3,(H,27,30)(H,24,25,26,28,29);2*1H. The molecule has 0 fully saturated rings. The zero-order valence-electron chi connectivity index (χ0n) is 17.6. The number of carbonyl (C=O) groups excluding carboxylic acids is 1. The van der Waals surface area contributed by atoms with Gasteiger partial charge in [-0.3, -0.25) is 10.1 Å². The monoisotopic (exact) mass is 456 g/mol. The van der Waals surface area contributed by atoms with E-state index in [1.54, 1.807) is 19.2 Å². The minimum absolute atomic E-state index is 0. The van der Waals surface area contributed by atoms with E-state index < -0.39 is 5.82 Å². The van der Waals surface area contributed by atoms with Crippen molar-refractivity contribution in [3.05, 3.63) is 70.5 Å². The van der Waals surface area contributed by atoms with Gasteiger partial charge in [0, 0.05) is 19.6 Å². The first-order valence-electron chi connectivity index (χ1n) is 9.98. The third kappa shape index (κ3) is 5.73. The van der Waals surface area contributed by atoms with Crippen molar-refractivity contribution in [3.8, 4) is 6.01 Å². The predicted molar refractivity (Wildman–Crippen MR) is 125 cm³/mol. The summed E-state index contributed by atoms with van der Waals surface area (Å²) in [5.41, 5.74) is 1.55. The van der Waals surface area contributed by atoms with Gasteiger partial charge in [-0.15, -0.1) is 11.3 Å². The van der Waals surface area contributed by atoms with Gasteiger partial charge in [0.05, 0.1) is 6.42 Å². The van der Waals surface area contributed by atoms with Crippen LogP contribution >= 0.6 is 11.3 Å². The average molecular weight is 457 g/mol. The molecule has 0 aliphatic heterocycles. The highest BCUT2D eigenvalue weighted by molar-refractivity contribution is 7.15. The predicted octanol–water partition coefficient (Wildman–Crippen LogP) is 5.20. The molecule has 168 valence electrons. The molecule has 10 heteroatoms. The quantitative estimate of drug-likeness (QED) is 0.504. The summed E-state index contributed by atoms with van der Waals surface area (Å²) in [7, 11) is 0. The lowest BCUT2D eigenvalue weighted by Crippen LogP contribution is -2.13. The number of rotatable bonds is 7. The fourth-order valence-corrected chi connectivity index (χ4v) is 3.81.